The summed E-state index contributed by atoms with van der Waals surface area (Å²) in [5, 5.41) is 2.98. The third-order valence-corrected chi connectivity index (χ3v) is 4.17. The second-order valence-electron chi connectivity index (χ2n) is 5.85. The first-order valence-corrected chi connectivity index (χ1v) is 7.80. The SMILES string of the molecule is COC(=O)c1ccc(CCNC(=O)C2CCCC(N)C2)cc1.Cl. The summed E-state index contributed by atoms with van der Waals surface area (Å²) in [6.45, 7) is 0.599. The van der Waals surface area contributed by atoms with Gasteiger partial charge in [-0.25, -0.2) is 4.79 Å². The standard InChI is InChI=1S/C17H24N2O3.ClH/c1-22-17(21)13-7-5-12(6-8-13)9-10-19-16(20)14-3-2-4-15(18)11-14;/h5-8,14-15H,2-4,9-11,18H2,1H3,(H,19,20);1H. The Bertz CT molecular complexity index is 519. The van der Waals surface area contributed by atoms with Crippen molar-refractivity contribution in [2.45, 2.75) is 38.1 Å². The fourth-order valence-corrected chi connectivity index (χ4v) is 2.87. The number of nitrogens with two attached hydrogens (primary N) is 1. The molecule has 0 saturated heterocycles. The van der Waals surface area contributed by atoms with Crippen molar-refractivity contribution in [2.75, 3.05) is 13.7 Å². The lowest BCUT2D eigenvalue weighted by atomic mass is 9.85. The number of nitrogens with one attached hydrogen (secondary N) is 1. The number of esters is 1. The predicted octanol–water partition coefficient (Wildman–Crippen LogP) is 2.07. The molecular weight excluding hydrogens is 316 g/mol. The zero-order chi connectivity index (χ0) is 15.9. The van der Waals surface area contributed by atoms with E-state index in [1.807, 2.05) is 12.1 Å². The zero-order valence-electron chi connectivity index (χ0n) is 13.4. The minimum absolute atomic E-state index is 0. The molecule has 0 aliphatic heterocycles. The van der Waals surface area contributed by atoms with Gasteiger partial charge in [0.25, 0.3) is 0 Å². The highest BCUT2D eigenvalue weighted by molar-refractivity contribution is 5.89. The van der Waals surface area contributed by atoms with Crippen LogP contribution in [-0.4, -0.2) is 31.6 Å². The largest absolute Gasteiger partial charge is 0.465 e. The summed E-state index contributed by atoms with van der Waals surface area (Å²) in [5.74, 6) is -0.166. The van der Waals surface area contributed by atoms with Crippen LogP contribution in [0.25, 0.3) is 0 Å². The van der Waals surface area contributed by atoms with E-state index in [0.29, 0.717) is 12.1 Å². The molecule has 3 N–H and O–H groups in total. The molecule has 5 nitrogen and oxygen atoms in total. The fourth-order valence-electron chi connectivity index (χ4n) is 2.87. The number of carbonyl (C=O) groups is 2. The van der Waals surface area contributed by atoms with E-state index in [1.54, 1.807) is 12.1 Å². The molecule has 0 heterocycles. The first-order chi connectivity index (χ1) is 10.6. The van der Waals surface area contributed by atoms with Crippen LogP contribution in [0, 0.1) is 5.92 Å². The van der Waals surface area contributed by atoms with Crippen LogP contribution >= 0.6 is 12.4 Å². The molecule has 1 aliphatic rings. The van der Waals surface area contributed by atoms with E-state index in [1.165, 1.54) is 7.11 Å². The molecule has 6 heteroatoms. The van der Waals surface area contributed by atoms with Crippen molar-refractivity contribution >= 4 is 24.3 Å². The highest BCUT2D eigenvalue weighted by Gasteiger charge is 2.24. The Morgan fingerprint density at radius 3 is 2.57 bits per heavy atom. The van der Waals surface area contributed by atoms with Crippen molar-refractivity contribution in [3.63, 3.8) is 0 Å². The molecule has 1 aromatic carbocycles. The van der Waals surface area contributed by atoms with E-state index in [0.717, 1.165) is 37.7 Å². The number of hydrogen-bond donors (Lipinski definition) is 2. The van der Waals surface area contributed by atoms with Crippen molar-refractivity contribution in [3.8, 4) is 0 Å². The molecule has 2 rings (SSSR count). The van der Waals surface area contributed by atoms with E-state index >= 15 is 0 Å². The maximum Gasteiger partial charge on any atom is 0.337 e. The van der Waals surface area contributed by atoms with Gasteiger partial charge in [0.05, 0.1) is 12.7 Å². The maximum atomic E-state index is 12.1. The van der Waals surface area contributed by atoms with Crippen LogP contribution in [0.5, 0.6) is 0 Å². The number of benzene rings is 1. The van der Waals surface area contributed by atoms with Crippen LogP contribution < -0.4 is 11.1 Å². The quantitative estimate of drug-likeness (QED) is 0.804. The van der Waals surface area contributed by atoms with Gasteiger partial charge in [-0.15, -0.1) is 12.4 Å². The minimum Gasteiger partial charge on any atom is -0.465 e. The van der Waals surface area contributed by atoms with E-state index < -0.39 is 0 Å². The van der Waals surface area contributed by atoms with Gasteiger partial charge in [0.1, 0.15) is 0 Å². The topological polar surface area (TPSA) is 81.4 Å². The molecule has 1 saturated carbocycles. The van der Waals surface area contributed by atoms with E-state index in [4.69, 9.17) is 5.73 Å². The Balaban J connectivity index is 0.00000264. The summed E-state index contributed by atoms with van der Waals surface area (Å²) in [6.07, 6.45) is 4.53. The third-order valence-electron chi connectivity index (χ3n) is 4.17. The Labute approximate surface area is 143 Å². The molecule has 2 unspecified atom stereocenters. The molecule has 0 radical (unpaired) electrons. The molecule has 0 aromatic heterocycles. The summed E-state index contributed by atoms with van der Waals surface area (Å²) in [7, 11) is 1.36. The highest BCUT2D eigenvalue weighted by atomic mass is 35.5. The average Bonchev–Trinajstić information content (AvgIpc) is 2.54. The van der Waals surface area contributed by atoms with E-state index in [2.05, 4.69) is 10.1 Å². The Hall–Kier alpha value is -1.59. The van der Waals surface area contributed by atoms with Crippen LogP contribution in [0.3, 0.4) is 0 Å². The number of carbonyl (C=O) groups excluding carboxylic acids is 2. The minimum atomic E-state index is -0.339. The van der Waals surface area contributed by atoms with Gasteiger partial charge in [0, 0.05) is 18.5 Å². The highest BCUT2D eigenvalue weighted by Crippen LogP contribution is 2.23. The molecule has 0 bridgehead atoms. The molecule has 1 fully saturated rings. The Morgan fingerprint density at radius 1 is 1.26 bits per heavy atom. The lowest BCUT2D eigenvalue weighted by Crippen LogP contribution is -2.38. The number of ether oxygens (including phenoxy) is 1. The van der Waals surface area contributed by atoms with Crippen LogP contribution in [0.4, 0.5) is 0 Å². The van der Waals surface area contributed by atoms with E-state index in [9.17, 15) is 9.59 Å². The second kappa shape index (κ2) is 9.53. The smallest absolute Gasteiger partial charge is 0.337 e. The van der Waals surface area contributed by atoms with Crippen molar-refractivity contribution in [1.82, 2.24) is 5.32 Å². The zero-order valence-corrected chi connectivity index (χ0v) is 14.2. The number of halogens is 1. The van der Waals surface area contributed by atoms with Gasteiger partial charge in [-0.05, 0) is 43.4 Å². The lowest BCUT2D eigenvalue weighted by Gasteiger charge is -2.25. The van der Waals surface area contributed by atoms with Crippen molar-refractivity contribution < 1.29 is 14.3 Å². The number of methoxy groups -OCH3 is 1. The summed E-state index contributed by atoms with van der Waals surface area (Å²) in [5.41, 5.74) is 7.53. The molecule has 23 heavy (non-hydrogen) atoms. The first-order valence-electron chi connectivity index (χ1n) is 7.80. The molecule has 1 aliphatic carbocycles. The first kappa shape index (κ1) is 19.5. The monoisotopic (exact) mass is 340 g/mol. The van der Waals surface area contributed by atoms with Crippen molar-refractivity contribution in [2.24, 2.45) is 11.7 Å². The third kappa shape index (κ3) is 5.84. The molecule has 1 aromatic rings. The Kier molecular flexibility index (Phi) is 8.06. The molecule has 0 spiro atoms. The maximum absolute atomic E-state index is 12.1. The molecule has 2 atom stereocenters. The van der Waals surface area contributed by atoms with E-state index in [-0.39, 0.29) is 36.2 Å². The number of amides is 1. The van der Waals surface area contributed by atoms with Crippen molar-refractivity contribution in [3.05, 3.63) is 35.4 Å². The van der Waals surface area contributed by atoms with Gasteiger partial charge in [-0.2, -0.15) is 0 Å². The van der Waals surface area contributed by atoms with Crippen LogP contribution in [-0.2, 0) is 16.0 Å². The van der Waals surface area contributed by atoms with Gasteiger partial charge in [0.2, 0.25) is 5.91 Å². The van der Waals surface area contributed by atoms with Crippen molar-refractivity contribution in [1.29, 1.82) is 0 Å². The average molecular weight is 341 g/mol. The normalized spacial score (nSPS) is 20.3. The lowest BCUT2D eigenvalue weighted by molar-refractivity contribution is -0.126. The van der Waals surface area contributed by atoms with Gasteiger partial charge in [-0.1, -0.05) is 18.6 Å². The summed E-state index contributed by atoms with van der Waals surface area (Å²) < 4.78 is 4.66. The van der Waals surface area contributed by atoms with Gasteiger partial charge in [0.15, 0.2) is 0 Å². The Morgan fingerprint density at radius 2 is 1.96 bits per heavy atom. The fraction of sp³-hybridized carbons (Fsp3) is 0.529. The second-order valence-corrected chi connectivity index (χ2v) is 5.85. The molecular formula is C17H25ClN2O3. The van der Waals surface area contributed by atoms with Crippen LogP contribution in [0.15, 0.2) is 24.3 Å². The molecule has 128 valence electrons. The molecule has 1 amide bonds. The summed E-state index contributed by atoms with van der Waals surface area (Å²) in [4.78, 5) is 23.4. The van der Waals surface area contributed by atoms with Crippen LogP contribution in [0.2, 0.25) is 0 Å². The van der Waals surface area contributed by atoms with Gasteiger partial charge >= 0.3 is 5.97 Å². The summed E-state index contributed by atoms with van der Waals surface area (Å²) >= 11 is 0. The van der Waals surface area contributed by atoms with Gasteiger partial charge < -0.3 is 15.8 Å². The predicted molar refractivity (Wildman–Crippen MR) is 91.7 cm³/mol. The van der Waals surface area contributed by atoms with Gasteiger partial charge in [-0.3, -0.25) is 4.79 Å². The number of hydrogen-bond acceptors (Lipinski definition) is 4. The number of rotatable bonds is 5. The van der Waals surface area contributed by atoms with Crippen LogP contribution in [0.1, 0.15) is 41.6 Å². The summed E-state index contributed by atoms with van der Waals surface area (Å²) in [6, 6.07) is 7.41.